The number of hydrogen-bond donors (Lipinski definition) is 2. The predicted molar refractivity (Wildman–Crippen MR) is 78.2 cm³/mol. The molecule has 0 spiro atoms. The van der Waals surface area contributed by atoms with Gasteiger partial charge in [0.2, 0.25) is 5.95 Å². The molecule has 4 N–H and O–H groups in total. The van der Waals surface area contributed by atoms with Gasteiger partial charge < -0.3 is 16.4 Å². The highest BCUT2D eigenvalue weighted by Gasteiger charge is 2.24. The van der Waals surface area contributed by atoms with Gasteiger partial charge in [0.05, 0.1) is 0 Å². The average Bonchev–Trinajstić information content (AvgIpc) is 2.80. The number of aryl methyl sites for hydroxylation is 1. The van der Waals surface area contributed by atoms with E-state index in [0.29, 0.717) is 11.8 Å². The molecule has 3 rings (SSSR count). The number of aromatic nitrogens is 3. The molecule has 0 amide bonds. The number of benzene rings is 1. The van der Waals surface area contributed by atoms with Crippen molar-refractivity contribution in [2.75, 3.05) is 5.73 Å². The molecule has 1 aromatic heterocycles. The Hall–Kier alpha value is -2.34. The first-order valence-corrected chi connectivity index (χ1v) is 6.53. The molecule has 2 aromatic rings. The number of nitrogens with two attached hydrogens (primary N) is 2. The third-order valence-corrected chi connectivity index (χ3v) is 3.85. The highest BCUT2D eigenvalue weighted by atomic mass is 15.4. The zero-order valence-corrected chi connectivity index (χ0v) is 11.6. The molecular weight excluding hydrogens is 252 g/mol. The topological polar surface area (TPSA) is 86.0 Å². The Morgan fingerprint density at radius 1 is 1.20 bits per heavy atom. The maximum atomic E-state index is 6.24. The monoisotopic (exact) mass is 270 g/mol. The molecule has 0 radical (unpaired) electrons. The summed E-state index contributed by atoms with van der Waals surface area (Å²) in [7, 11) is 0. The minimum absolute atomic E-state index is 0.343. The first kappa shape index (κ1) is 12.7. The van der Waals surface area contributed by atoms with Gasteiger partial charge in [0.15, 0.2) is 5.82 Å². The quantitative estimate of drug-likeness (QED) is 0.861. The van der Waals surface area contributed by atoms with Crippen LogP contribution in [-0.4, -0.2) is 19.7 Å². The minimum Gasteiger partial charge on any atom is -0.368 e. The van der Waals surface area contributed by atoms with E-state index in [1.54, 1.807) is 4.57 Å². The molecule has 1 atom stereocenters. The predicted octanol–water partition coefficient (Wildman–Crippen LogP) is 1.38. The Morgan fingerprint density at radius 3 is 2.80 bits per heavy atom. The van der Waals surface area contributed by atoms with Gasteiger partial charge in [0.1, 0.15) is 6.17 Å². The lowest BCUT2D eigenvalue weighted by molar-refractivity contribution is 0.258. The summed E-state index contributed by atoms with van der Waals surface area (Å²) in [6, 6.07) is 6.30. The Balaban J connectivity index is 1.88. The molecule has 6 heteroatoms. The second-order valence-corrected chi connectivity index (χ2v) is 5.06. The van der Waals surface area contributed by atoms with Gasteiger partial charge in [-0.3, -0.25) is 4.57 Å². The van der Waals surface area contributed by atoms with E-state index in [4.69, 9.17) is 11.5 Å². The van der Waals surface area contributed by atoms with Gasteiger partial charge in [-0.05, 0) is 30.5 Å². The molecule has 0 fully saturated rings. The van der Waals surface area contributed by atoms with Crippen LogP contribution in [0.3, 0.4) is 0 Å². The molecule has 104 valence electrons. The lowest BCUT2D eigenvalue weighted by Gasteiger charge is -2.30. The van der Waals surface area contributed by atoms with Gasteiger partial charge in [-0.25, -0.2) is 0 Å². The van der Waals surface area contributed by atoms with E-state index in [1.165, 1.54) is 16.7 Å². The fourth-order valence-corrected chi connectivity index (χ4v) is 2.39. The third-order valence-electron chi connectivity index (χ3n) is 3.85. The van der Waals surface area contributed by atoms with E-state index in [1.807, 2.05) is 17.3 Å². The fourth-order valence-electron chi connectivity index (χ4n) is 2.39. The lowest BCUT2D eigenvalue weighted by atomic mass is 10.0. The molecular formula is C14H18N6. The molecule has 1 aliphatic rings. The number of anilines is 1. The molecule has 0 saturated heterocycles. The number of rotatable bonds is 2. The summed E-state index contributed by atoms with van der Waals surface area (Å²) in [5.74, 6) is 1.02. The number of hydrogen-bond acceptors (Lipinski definition) is 5. The van der Waals surface area contributed by atoms with Crippen LogP contribution >= 0.6 is 0 Å². The van der Waals surface area contributed by atoms with Crippen molar-refractivity contribution in [3.05, 3.63) is 46.9 Å². The maximum absolute atomic E-state index is 6.24. The minimum atomic E-state index is -0.343. The highest BCUT2D eigenvalue weighted by Crippen LogP contribution is 2.25. The molecule has 0 saturated carbocycles. The van der Waals surface area contributed by atoms with Crippen LogP contribution in [0.1, 0.15) is 28.7 Å². The molecule has 0 aliphatic carbocycles. The zero-order chi connectivity index (χ0) is 14.3. The van der Waals surface area contributed by atoms with Crippen LogP contribution in [0.4, 0.5) is 5.95 Å². The fraction of sp³-hybridized carbons (Fsp3) is 0.286. The third kappa shape index (κ3) is 1.94. The van der Waals surface area contributed by atoms with Crippen molar-refractivity contribution in [2.45, 2.75) is 26.6 Å². The zero-order valence-electron chi connectivity index (χ0n) is 11.6. The maximum Gasteiger partial charge on any atom is 0.226 e. The molecule has 1 aliphatic heterocycles. The van der Waals surface area contributed by atoms with Crippen LogP contribution in [0.2, 0.25) is 0 Å². The van der Waals surface area contributed by atoms with Crippen molar-refractivity contribution in [2.24, 2.45) is 5.73 Å². The van der Waals surface area contributed by atoms with Crippen molar-refractivity contribution < 1.29 is 0 Å². The number of nitrogens with zero attached hydrogens (tertiary/aromatic N) is 4. The smallest absolute Gasteiger partial charge is 0.226 e. The van der Waals surface area contributed by atoms with Crippen molar-refractivity contribution in [1.29, 1.82) is 0 Å². The second kappa shape index (κ2) is 4.64. The van der Waals surface area contributed by atoms with Crippen LogP contribution in [0.15, 0.2) is 24.4 Å². The SMILES string of the molecule is Cc1cccc(CN2C=Cn3c(N)nnc3C2N)c1C. The van der Waals surface area contributed by atoms with Gasteiger partial charge in [-0.1, -0.05) is 18.2 Å². The molecule has 1 aromatic carbocycles. The standard InChI is InChI=1S/C14H18N6/c1-9-4-3-5-11(10(9)2)8-19-6-7-20-13(12(19)15)17-18-14(20)16/h3-7,12H,8,15H2,1-2H3,(H2,16,18). The van der Waals surface area contributed by atoms with Crippen molar-refractivity contribution in [3.8, 4) is 0 Å². The molecule has 6 nitrogen and oxygen atoms in total. The summed E-state index contributed by atoms with van der Waals surface area (Å²) < 4.78 is 1.71. The molecule has 2 heterocycles. The van der Waals surface area contributed by atoms with Crippen LogP contribution < -0.4 is 11.5 Å². The van der Waals surface area contributed by atoms with Gasteiger partial charge in [-0.2, -0.15) is 0 Å². The summed E-state index contributed by atoms with van der Waals surface area (Å²) in [6.07, 6.45) is 3.43. The van der Waals surface area contributed by atoms with Crippen LogP contribution in [0.5, 0.6) is 0 Å². The Bertz CT molecular complexity index is 672. The summed E-state index contributed by atoms with van der Waals surface area (Å²) in [4.78, 5) is 2.03. The first-order valence-electron chi connectivity index (χ1n) is 6.53. The van der Waals surface area contributed by atoms with Gasteiger partial charge in [0.25, 0.3) is 0 Å². The van der Waals surface area contributed by atoms with Crippen molar-refractivity contribution >= 4 is 12.1 Å². The van der Waals surface area contributed by atoms with E-state index in [0.717, 1.165) is 6.54 Å². The molecule has 1 unspecified atom stereocenters. The highest BCUT2D eigenvalue weighted by molar-refractivity contribution is 5.39. The van der Waals surface area contributed by atoms with Gasteiger partial charge in [-0.15, -0.1) is 10.2 Å². The van der Waals surface area contributed by atoms with E-state index in [2.05, 4.69) is 42.2 Å². The summed E-state index contributed by atoms with van der Waals surface area (Å²) in [5, 5.41) is 7.89. The van der Waals surface area contributed by atoms with E-state index in [9.17, 15) is 0 Å². The van der Waals surface area contributed by atoms with Gasteiger partial charge >= 0.3 is 0 Å². The van der Waals surface area contributed by atoms with Crippen LogP contribution in [0.25, 0.3) is 6.20 Å². The van der Waals surface area contributed by atoms with E-state index < -0.39 is 0 Å². The Kier molecular flexibility index (Phi) is 2.94. The molecule has 20 heavy (non-hydrogen) atoms. The normalized spacial score (nSPS) is 17.4. The Morgan fingerprint density at radius 2 is 2.00 bits per heavy atom. The van der Waals surface area contributed by atoms with E-state index in [-0.39, 0.29) is 6.17 Å². The lowest BCUT2D eigenvalue weighted by Crippen LogP contribution is -2.34. The largest absolute Gasteiger partial charge is 0.368 e. The average molecular weight is 270 g/mol. The Labute approximate surface area is 117 Å². The summed E-state index contributed by atoms with van der Waals surface area (Å²) in [5.41, 5.74) is 15.8. The summed E-state index contributed by atoms with van der Waals surface area (Å²) in [6.45, 7) is 4.98. The van der Waals surface area contributed by atoms with E-state index >= 15 is 0 Å². The second-order valence-electron chi connectivity index (χ2n) is 5.06. The first-order chi connectivity index (χ1) is 9.58. The number of fused-ring (bicyclic) bond motifs is 1. The summed E-state index contributed by atoms with van der Waals surface area (Å²) >= 11 is 0. The van der Waals surface area contributed by atoms with Crippen molar-refractivity contribution in [1.82, 2.24) is 19.7 Å². The van der Waals surface area contributed by atoms with Crippen LogP contribution in [0, 0.1) is 13.8 Å². The molecule has 0 bridgehead atoms. The van der Waals surface area contributed by atoms with Crippen LogP contribution in [-0.2, 0) is 6.54 Å². The number of nitrogen functional groups attached to an aromatic ring is 1. The van der Waals surface area contributed by atoms with Gasteiger partial charge in [0, 0.05) is 18.9 Å². The van der Waals surface area contributed by atoms with Crippen molar-refractivity contribution in [3.63, 3.8) is 0 Å².